The fraction of sp³-hybridized carbons (Fsp3) is 0.500. The van der Waals surface area contributed by atoms with Crippen molar-refractivity contribution in [1.82, 2.24) is 9.21 Å². The average molecular weight is 577 g/mol. The minimum atomic E-state index is -4.15. The van der Waals surface area contributed by atoms with E-state index in [0.717, 1.165) is 9.87 Å². The number of rotatable bonds is 13. The Hall–Kier alpha value is -3.03. The molecule has 40 heavy (non-hydrogen) atoms. The third kappa shape index (κ3) is 6.81. The summed E-state index contributed by atoms with van der Waals surface area (Å²) in [6, 6.07) is 13.4. The van der Waals surface area contributed by atoms with Crippen LogP contribution in [0.15, 0.2) is 59.5 Å². The summed E-state index contributed by atoms with van der Waals surface area (Å²) in [5, 5.41) is 22.0. The number of carbonyl (C=O) groups excluding carboxylic acids is 1. The second kappa shape index (κ2) is 13.1. The molecule has 11 nitrogen and oxygen atoms in total. The Labute approximate surface area is 234 Å². The van der Waals surface area contributed by atoms with Crippen LogP contribution in [0.2, 0.25) is 0 Å². The van der Waals surface area contributed by atoms with Crippen molar-refractivity contribution in [2.75, 3.05) is 33.4 Å². The number of aliphatic hydroxyl groups excluding tert-OH is 1. The molecule has 0 aliphatic carbocycles. The standard InChI is InChI=1S/C28H36N2O9S/c1-19(31)12-14-29(40(35,36)22-10-8-21(37-2)9-11-22)17-26(32)24(16-20-6-4-3-5-7-20)30(28(33)34)25-18-39-27-23(25)13-15-38-27/h3-11,23-27,32H,12-18H2,1-2H3,(H,33,34)/t23-,24-,25-,26+,27+/m0/s1. The number of carbonyl (C=O) groups is 2. The lowest BCUT2D eigenvalue weighted by atomic mass is 9.93. The van der Waals surface area contributed by atoms with Gasteiger partial charge < -0.3 is 24.4 Å². The number of hydrogen-bond donors (Lipinski definition) is 2. The van der Waals surface area contributed by atoms with Gasteiger partial charge >= 0.3 is 6.09 Å². The summed E-state index contributed by atoms with van der Waals surface area (Å²) in [5.41, 5.74) is 0.782. The van der Waals surface area contributed by atoms with E-state index in [4.69, 9.17) is 14.2 Å². The lowest BCUT2D eigenvalue weighted by Crippen LogP contribution is -2.57. The van der Waals surface area contributed by atoms with Crippen LogP contribution in [0.4, 0.5) is 4.79 Å². The van der Waals surface area contributed by atoms with Crippen molar-refractivity contribution in [2.45, 2.75) is 55.6 Å². The molecule has 2 N–H and O–H groups in total. The van der Waals surface area contributed by atoms with Crippen molar-refractivity contribution in [2.24, 2.45) is 5.92 Å². The summed E-state index contributed by atoms with van der Waals surface area (Å²) in [6.07, 6.45) is -2.47. The molecule has 0 saturated carbocycles. The Balaban J connectivity index is 1.67. The number of hydrogen-bond acceptors (Lipinski definition) is 8. The molecule has 4 rings (SSSR count). The normalized spacial score (nSPS) is 22.1. The summed E-state index contributed by atoms with van der Waals surface area (Å²) in [7, 11) is -2.68. The van der Waals surface area contributed by atoms with Crippen molar-refractivity contribution in [3.63, 3.8) is 0 Å². The van der Waals surface area contributed by atoms with E-state index in [2.05, 4.69) is 0 Å². The zero-order valence-corrected chi connectivity index (χ0v) is 23.4. The predicted octanol–water partition coefficient (Wildman–Crippen LogP) is 2.38. The zero-order valence-electron chi connectivity index (χ0n) is 22.6. The highest BCUT2D eigenvalue weighted by atomic mass is 32.2. The second-order valence-corrected chi connectivity index (χ2v) is 12.0. The van der Waals surface area contributed by atoms with Crippen molar-refractivity contribution in [1.29, 1.82) is 0 Å². The van der Waals surface area contributed by atoms with Crippen LogP contribution < -0.4 is 4.74 Å². The summed E-state index contributed by atoms with van der Waals surface area (Å²) >= 11 is 0. The summed E-state index contributed by atoms with van der Waals surface area (Å²) < 4.78 is 44.8. The van der Waals surface area contributed by atoms with Gasteiger partial charge in [-0.25, -0.2) is 13.2 Å². The molecule has 2 saturated heterocycles. The zero-order chi connectivity index (χ0) is 28.9. The Bertz CT molecular complexity index is 1260. The maximum atomic E-state index is 13.7. The van der Waals surface area contributed by atoms with E-state index in [0.29, 0.717) is 18.8 Å². The van der Waals surface area contributed by atoms with Gasteiger partial charge in [0.15, 0.2) is 6.29 Å². The molecule has 2 fully saturated rings. The van der Waals surface area contributed by atoms with Crippen LogP contribution in [0.1, 0.15) is 25.3 Å². The molecule has 2 heterocycles. The van der Waals surface area contributed by atoms with E-state index in [1.807, 2.05) is 30.3 Å². The van der Waals surface area contributed by atoms with E-state index in [1.165, 1.54) is 43.2 Å². The summed E-state index contributed by atoms with van der Waals surface area (Å²) in [5.74, 6) is 0.0634. The van der Waals surface area contributed by atoms with Crippen LogP contribution >= 0.6 is 0 Å². The van der Waals surface area contributed by atoms with Crippen molar-refractivity contribution < 1.29 is 42.4 Å². The fourth-order valence-electron chi connectivity index (χ4n) is 5.35. The van der Waals surface area contributed by atoms with E-state index in [1.54, 1.807) is 0 Å². The molecule has 12 heteroatoms. The van der Waals surface area contributed by atoms with Gasteiger partial charge in [0.1, 0.15) is 11.5 Å². The molecule has 0 unspecified atom stereocenters. The molecule has 2 aliphatic heterocycles. The summed E-state index contributed by atoms with van der Waals surface area (Å²) in [4.78, 5) is 25.7. The summed E-state index contributed by atoms with van der Waals surface area (Å²) in [6.45, 7) is 1.33. The molecule has 2 aromatic carbocycles. The maximum absolute atomic E-state index is 13.7. The number of aliphatic hydroxyl groups is 1. The lowest BCUT2D eigenvalue weighted by molar-refractivity contribution is -0.117. The van der Waals surface area contributed by atoms with Gasteiger partial charge in [0.25, 0.3) is 0 Å². The Kier molecular flexibility index (Phi) is 9.80. The monoisotopic (exact) mass is 576 g/mol. The maximum Gasteiger partial charge on any atom is 0.407 e. The molecule has 0 aromatic heterocycles. The van der Waals surface area contributed by atoms with Crippen LogP contribution in [-0.2, 0) is 30.7 Å². The van der Waals surface area contributed by atoms with Crippen molar-refractivity contribution in [3.8, 4) is 5.75 Å². The number of sulfonamides is 1. The predicted molar refractivity (Wildman–Crippen MR) is 144 cm³/mol. The van der Waals surface area contributed by atoms with Gasteiger partial charge in [0, 0.05) is 25.4 Å². The van der Waals surface area contributed by atoms with Crippen LogP contribution in [-0.4, -0.2) is 97.6 Å². The molecule has 0 bridgehead atoms. The van der Waals surface area contributed by atoms with Crippen LogP contribution in [0.3, 0.4) is 0 Å². The number of benzene rings is 2. The van der Waals surface area contributed by atoms with Crippen LogP contribution in [0.5, 0.6) is 5.75 Å². The highest BCUT2D eigenvalue weighted by Gasteiger charge is 2.49. The van der Waals surface area contributed by atoms with E-state index >= 15 is 0 Å². The van der Waals surface area contributed by atoms with Gasteiger partial charge in [-0.2, -0.15) is 4.31 Å². The number of amides is 1. The van der Waals surface area contributed by atoms with Crippen LogP contribution in [0.25, 0.3) is 0 Å². The second-order valence-electron chi connectivity index (χ2n) is 10.1. The number of ketones is 1. The minimum Gasteiger partial charge on any atom is -0.497 e. The average Bonchev–Trinajstić information content (AvgIpc) is 3.56. The fourth-order valence-corrected chi connectivity index (χ4v) is 6.81. The molecule has 0 radical (unpaired) electrons. The van der Waals surface area contributed by atoms with Gasteiger partial charge in [-0.05, 0) is 49.6 Å². The van der Waals surface area contributed by atoms with Crippen LogP contribution in [0, 0.1) is 5.92 Å². The molecular weight excluding hydrogens is 540 g/mol. The Morgan fingerprint density at radius 1 is 1.10 bits per heavy atom. The Morgan fingerprint density at radius 3 is 2.42 bits per heavy atom. The van der Waals surface area contributed by atoms with Crippen molar-refractivity contribution >= 4 is 21.9 Å². The first-order valence-corrected chi connectivity index (χ1v) is 14.7. The number of carboxylic acid groups (broad SMARTS) is 1. The molecular formula is C28H36N2O9S. The first kappa shape index (κ1) is 29.9. The first-order valence-electron chi connectivity index (χ1n) is 13.2. The highest BCUT2D eigenvalue weighted by molar-refractivity contribution is 7.89. The molecule has 2 aliphatic rings. The minimum absolute atomic E-state index is 0.0334. The largest absolute Gasteiger partial charge is 0.497 e. The van der Waals surface area contributed by atoms with E-state index < -0.39 is 47.1 Å². The first-order chi connectivity index (χ1) is 19.1. The van der Waals surface area contributed by atoms with Crippen molar-refractivity contribution in [3.05, 3.63) is 60.2 Å². The highest BCUT2D eigenvalue weighted by Crippen LogP contribution is 2.36. The molecule has 218 valence electrons. The smallest absolute Gasteiger partial charge is 0.407 e. The number of nitrogens with zero attached hydrogens (tertiary/aromatic N) is 2. The number of ether oxygens (including phenoxy) is 3. The van der Waals surface area contributed by atoms with Gasteiger partial charge in [0.2, 0.25) is 10.0 Å². The molecule has 1 amide bonds. The van der Waals surface area contributed by atoms with Gasteiger partial charge in [-0.3, -0.25) is 9.69 Å². The van der Waals surface area contributed by atoms with Gasteiger partial charge in [-0.1, -0.05) is 30.3 Å². The third-order valence-corrected chi connectivity index (χ3v) is 9.36. The quantitative estimate of drug-likeness (QED) is 0.367. The van der Waals surface area contributed by atoms with Gasteiger partial charge in [-0.15, -0.1) is 0 Å². The number of methoxy groups -OCH3 is 1. The van der Waals surface area contributed by atoms with Gasteiger partial charge in [0.05, 0.1) is 43.4 Å². The SMILES string of the molecule is COc1ccc(S(=O)(=O)N(CCC(C)=O)C[C@@H](O)[C@H](Cc2ccccc2)N(C(=O)O)[C@H]2CO[C@H]3OCC[C@H]32)cc1. The van der Waals surface area contributed by atoms with E-state index in [9.17, 15) is 28.2 Å². The third-order valence-electron chi connectivity index (χ3n) is 7.48. The molecule has 5 atom stereocenters. The Morgan fingerprint density at radius 2 is 1.80 bits per heavy atom. The molecule has 2 aromatic rings. The number of Topliss-reactive ketones (excluding diaryl/α,β-unsaturated/α-hetero) is 1. The van der Waals surface area contributed by atoms with E-state index in [-0.39, 0.29) is 42.6 Å². The number of fused-ring (bicyclic) bond motifs is 1. The molecule has 0 spiro atoms. The lowest BCUT2D eigenvalue weighted by Gasteiger charge is -2.39. The topological polar surface area (TPSA) is 143 Å².